The Bertz CT molecular complexity index is 1410. The van der Waals surface area contributed by atoms with E-state index in [1.54, 1.807) is 24.4 Å². The number of carbonyl (C=O) groups is 1. The van der Waals surface area contributed by atoms with E-state index in [9.17, 15) is 10.1 Å². The zero-order valence-electron chi connectivity index (χ0n) is 19.5. The molecule has 2 aromatic carbocycles. The van der Waals surface area contributed by atoms with Gasteiger partial charge in [-0.2, -0.15) is 5.26 Å². The van der Waals surface area contributed by atoms with E-state index in [2.05, 4.69) is 45.5 Å². The second kappa shape index (κ2) is 9.88. The monoisotopic (exact) mass is 459 g/mol. The number of nitrogens with one attached hydrogen (secondary N) is 1. The summed E-state index contributed by atoms with van der Waals surface area (Å²) in [6.45, 7) is 4.26. The predicted octanol–water partition coefficient (Wildman–Crippen LogP) is 4.71. The number of aryl methyl sites for hydroxylation is 1. The first-order chi connectivity index (χ1) is 17.1. The fourth-order valence-electron chi connectivity index (χ4n) is 4.42. The van der Waals surface area contributed by atoms with E-state index in [1.165, 1.54) is 5.56 Å². The number of ketones is 1. The summed E-state index contributed by atoms with van der Waals surface area (Å²) in [6, 6.07) is 27.5. The van der Waals surface area contributed by atoms with E-state index in [-0.39, 0.29) is 11.8 Å². The van der Waals surface area contributed by atoms with Crippen LogP contribution in [0.5, 0.6) is 0 Å². The minimum atomic E-state index is -0.162. The van der Waals surface area contributed by atoms with Gasteiger partial charge < -0.3 is 10.2 Å². The molecule has 0 bridgehead atoms. The third-order valence-corrected chi connectivity index (χ3v) is 6.32. The first-order valence-corrected chi connectivity index (χ1v) is 11.6. The molecular formula is C29H25N5O. The highest BCUT2D eigenvalue weighted by Gasteiger charge is 2.23. The number of piperazine rings is 1. The molecule has 1 fully saturated rings. The van der Waals surface area contributed by atoms with Gasteiger partial charge in [-0.25, -0.2) is 4.98 Å². The van der Waals surface area contributed by atoms with Crippen LogP contribution in [0.2, 0.25) is 0 Å². The van der Waals surface area contributed by atoms with E-state index in [1.807, 2.05) is 43.3 Å². The minimum absolute atomic E-state index is 0.162. The molecule has 0 amide bonds. The number of carbonyl (C=O) groups excluding carboxylic acids is 1. The lowest BCUT2D eigenvalue weighted by molar-refractivity contribution is 0.103. The smallest absolute Gasteiger partial charge is 0.213 e. The third kappa shape index (κ3) is 4.81. The van der Waals surface area contributed by atoms with E-state index in [0.29, 0.717) is 22.5 Å². The van der Waals surface area contributed by atoms with Gasteiger partial charge in [0.05, 0.1) is 11.6 Å². The van der Waals surface area contributed by atoms with Crippen molar-refractivity contribution >= 4 is 11.6 Å². The van der Waals surface area contributed by atoms with Gasteiger partial charge in [0.1, 0.15) is 11.5 Å². The van der Waals surface area contributed by atoms with Gasteiger partial charge in [0.25, 0.3) is 0 Å². The highest BCUT2D eigenvalue weighted by atomic mass is 16.1. The predicted molar refractivity (Wildman–Crippen MR) is 136 cm³/mol. The van der Waals surface area contributed by atoms with Gasteiger partial charge >= 0.3 is 0 Å². The number of hydrogen-bond acceptors (Lipinski definition) is 6. The Morgan fingerprint density at radius 1 is 1.03 bits per heavy atom. The van der Waals surface area contributed by atoms with Crippen LogP contribution in [0.15, 0.2) is 85.1 Å². The largest absolute Gasteiger partial charge is 0.353 e. The van der Waals surface area contributed by atoms with Crippen molar-refractivity contribution in [1.29, 1.82) is 5.26 Å². The summed E-state index contributed by atoms with van der Waals surface area (Å²) in [7, 11) is 0. The van der Waals surface area contributed by atoms with Crippen LogP contribution in [-0.4, -0.2) is 35.4 Å². The quantitative estimate of drug-likeness (QED) is 0.436. The zero-order valence-corrected chi connectivity index (χ0v) is 19.5. The van der Waals surface area contributed by atoms with Gasteiger partial charge in [-0.05, 0) is 48.4 Å². The Balaban J connectivity index is 1.42. The number of nitrogens with zero attached hydrogens (tertiary/aromatic N) is 4. The number of benzene rings is 2. The molecule has 0 radical (unpaired) electrons. The topological polar surface area (TPSA) is 81.9 Å². The van der Waals surface area contributed by atoms with Crippen molar-refractivity contribution < 1.29 is 4.79 Å². The van der Waals surface area contributed by atoms with Crippen molar-refractivity contribution in [3.05, 3.63) is 113 Å². The lowest BCUT2D eigenvalue weighted by Crippen LogP contribution is -2.46. The average Bonchev–Trinajstić information content (AvgIpc) is 2.93. The van der Waals surface area contributed by atoms with Gasteiger partial charge in [0, 0.05) is 48.7 Å². The van der Waals surface area contributed by atoms with Gasteiger partial charge in [0.15, 0.2) is 0 Å². The second-order valence-corrected chi connectivity index (χ2v) is 8.62. The number of hydrogen-bond donors (Lipinski definition) is 1. The molecule has 1 saturated heterocycles. The minimum Gasteiger partial charge on any atom is -0.353 e. The molecule has 1 unspecified atom stereocenters. The highest BCUT2D eigenvalue weighted by molar-refractivity contribution is 6.09. The molecule has 1 N–H and O–H groups in total. The standard InChI is InChI=1S/C29H25N5O/c1-20-25(16-24(18-32-20)23-10-5-7-21(15-23)17-30)29(35)26-11-6-12-28(33-26)34-14-13-31-27(19-34)22-8-3-2-4-9-22/h2-12,15-16,18,27,31H,13-14,19H2,1H3. The van der Waals surface area contributed by atoms with Crippen molar-refractivity contribution in [2.24, 2.45) is 0 Å². The molecule has 35 heavy (non-hydrogen) atoms. The Hall–Kier alpha value is -4.34. The van der Waals surface area contributed by atoms with Crippen LogP contribution in [-0.2, 0) is 0 Å². The molecule has 172 valence electrons. The highest BCUT2D eigenvalue weighted by Crippen LogP contribution is 2.25. The summed E-state index contributed by atoms with van der Waals surface area (Å²) < 4.78 is 0. The maximum atomic E-state index is 13.5. The van der Waals surface area contributed by atoms with Crippen molar-refractivity contribution in [2.45, 2.75) is 13.0 Å². The third-order valence-electron chi connectivity index (χ3n) is 6.32. The number of anilines is 1. The molecule has 2 aromatic heterocycles. The lowest BCUT2D eigenvalue weighted by Gasteiger charge is -2.35. The second-order valence-electron chi connectivity index (χ2n) is 8.62. The van der Waals surface area contributed by atoms with Crippen molar-refractivity contribution in [1.82, 2.24) is 15.3 Å². The maximum Gasteiger partial charge on any atom is 0.213 e. The Morgan fingerprint density at radius 3 is 2.69 bits per heavy atom. The number of aromatic nitrogens is 2. The summed E-state index contributed by atoms with van der Waals surface area (Å²) in [4.78, 5) is 24.9. The van der Waals surface area contributed by atoms with E-state index >= 15 is 0 Å². The molecule has 3 heterocycles. The number of nitriles is 1. The fourth-order valence-corrected chi connectivity index (χ4v) is 4.42. The van der Waals surface area contributed by atoms with Crippen molar-refractivity contribution in [2.75, 3.05) is 24.5 Å². The maximum absolute atomic E-state index is 13.5. The molecule has 5 rings (SSSR count). The Morgan fingerprint density at radius 2 is 1.86 bits per heavy atom. The first-order valence-electron chi connectivity index (χ1n) is 11.6. The molecule has 1 aliphatic rings. The lowest BCUT2D eigenvalue weighted by atomic mass is 9.99. The molecular weight excluding hydrogens is 434 g/mol. The van der Waals surface area contributed by atoms with Crippen molar-refractivity contribution in [3.8, 4) is 17.2 Å². The van der Waals surface area contributed by atoms with Crippen LogP contribution in [0.4, 0.5) is 5.82 Å². The first kappa shape index (κ1) is 22.5. The number of rotatable bonds is 5. The molecule has 1 atom stereocenters. The van der Waals surface area contributed by atoms with E-state index in [0.717, 1.165) is 36.6 Å². The molecule has 4 aromatic rings. The van der Waals surface area contributed by atoms with Crippen LogP contribution in [0.25, 0.3) is 11.1 Å². The van der Waals surface area contributed by atoms with Crippen LogP contribution in [0.3, 0.4) is 0 Å². The summed E-state index contributed by atoms with van der Waals surface area (Å²) in [5, 5.41) is 12.8. The molecule has 6 nitrogen and oxygen atoms in total. The van der Waals surface area contributed by atoms with Crippen LogP contribution >= 0.6 is 0 Å². The summed E-state index contributed by atoms with van der Waals surface area (Å²) in [5.41, 5.74) is 4.99. The Labute approximate surface area is 204 Å². The molecule has 0 saturated carbocycles. The van der Waals surface area contributed by atoms with Crippen LogP contribution in [0.1, 0.15) is 38.9 Å². The van der Waals surface area contributed by atoms with E-state index in [4.69, 9.17) is 4.98 Å². The summed E-state index contributed by atoms with van der Waals surface area (Å²) in [6.07, 6.45) is 1.73. The van der Waals surface area contributed by atoms with Crippen molar-refractivity contribution in [3.63, 3.8) is 0 Å². The summed E-state index contributed by atoms with van der Waals surface area (Å²) in [5.74, 6) is 0.631. The molecule has 0 spiro atoms. The average molecular weight is 460 g/mol. The normalized spacial score (nSPS) is 15.4. The SMILES string of the molecule is Cc1ncc(-c2cccc(C#N)c2)cc1C(=O)c1cccc(N2CCNC(c3ccccc3)C2)n1. The van der Waals surface area contributed by atoms with Gasteiger partial charge in [-0.15, -0.1) is 0 Å². The van der Waals surface area contributed by atoms with Gasteiger partial charge in [0.2, 0.25) is 5.78 Å². The molecule has 1 aliphatic heterocycles. The zero-order chi connectivity index (χ0) is 24.2. The molecule has 6 heteroatoms. The Kier molecular flexibility index (Phi) is 6.34. The molecule has 0 aliphatic carbocycles. The number of pyridine rings is 2. The van der Waals surface area contributed by atoms with Crippen LogP contribution in [0, 0.1) is 18.3 Å². The van der Waals surface area contributed by atoms with Crippen LogP contribution < -0.4 is 10.2 Å². The van der Waals surface area contributed by atoms with Gasteiger partial charge in [-0.1, -0.05) is 48.5 Å². The van der Waals surface area contributed by atoms with E-state index < -0.39 is 0 Å². The summed E-state index contributed by atoms with van der Waals surface area (Å²) >= 11 is 0. The fraction of sp³-hybridized carbons (Fsp3) is 0.172. The van der Waals surface area contributed by atoms with Gasteiger partial charge in [-0.3, -0.25) is 9.78 Å².